The van der Waals surface area contributed by atoms with Crippen LogP contribution in [0.2, 0.25) is 0 Å². The van der Waals surface area contributed by atoms with Crippen LogP contribution in [0.15, 0.2) is 35.3 Å². The van der Waals surface area contributed by atoms with Crippen molar-refractivity contribution < 1.29 is 0 Å². The van der Waals surface area contributed by atoms with Crippen LogP contribution < -0.4 is 11.4 Å². The largest absolute Gasteiger partial charge is 0.323 e. The van der Waals surface area contributed by atoms with Gasteiger partial charge in [0.2, 0.25) is 0 Å². The number of nitrogens with one attached hydrogen (secondary N) is 2. The number of rotatable bonds is 2. The summed E-state index contributed by atoms with van der Waals surface area (Å²) in [5.41, 5.74) is 8.87. The molecule has 4 N–H and O–H groups in total. The Morgan fingerprint density at radius 2 is 1.95 bits per heavy atom. The molecule has 0 radical (unpaired) electrons. The van der Waals surface area contributed by atoms with Crippen LogP contribution in [0.3, 0.4) is 0 Å². The monoisotopic (exact) mass is 267 g/mol. The van der Waals surface area contributed by atoms with Crippen molar-refractivity contribution in [3.63, 3.8) is 0 Å². The molecule has 3 aromatic rings. The molecule has 1 aromatic carbocycles. The van der Waals surface area contributed by atoms with Crippen molar-refractivity contribution in [1.82, 2.24) is 19.9 Å². The molecule has 0 bridgehead atoms. The van der Waals surface area contributed by atoms with Gasteiger partial charge in [-0.2, -0.15) is 0 Å². The van der Waals surface area contributed by atoms with E-state index in [1.807, 2.05) is 24.3 Å². The molecule has 1 saturated carbocycles. The number of imidazole rings is 1. The molecule has 100 valence electrons. The average Bonchev–Trinajstić information content (AvgIpc) is 3.09. The van der Waals surface area contributed by atoms with E-state index in [0.29, 0.717) is 5.82 Å². The molecule has 20 heavy (non-hydrogen) atoms. The molecule has 0 unspecified atom stereocenters. The Kier molecular flexibility index (Phi) is 2.14. The van der Waals surface area contributed by atoms with Gasteiger partial charge in [0.25, 0.3) is 0 Å². The maximum absolute atomic E-state index is 11.3. The zero-order chi connectivity index (χ0) is 13.7. The molecule has 0 saturated heterocycles. The van der Waals surface area contributed by atoms with Gasteiger partial charge in [-0.3, -0.25) is 0 Å². The Morgan fingerprint density at radius 3 is 2.75 bits per heavy atom. The van der Waals surface area contributed by atoms with E-state index in [9.17, 15) is 4.79 Å². The highest BCUT2D eigenvalue weighted by Crippen LogP contribution is 2.41. The van der Waals surface area contributed by atoms with Crippen LogP contribution in [0.5, 0.6) is 0 Å². The lowest BCUT2D eigenvalue weighted by Gasteiger charge is -2.08. The van der Waals surface area contributed by atoms with Crippen molar-refractivity contribution in [2.75, 3.05) is 0 Å². The second kappa shape index (κ2) is 3.77. The summed E-state index contributed by atoms with van der Waals surface area (Å²) in [6.07, 6.45) is 3.59. The lowest BCUT2D eigenvalue weighted by molar-refractivity contribution is 0.673. The van der Waals surface area contributed by atoms with E-state index in [0.717, 1.165) is 35.1 Å². The number of aromatic nitrogens is 4. The number of H-pyrrole nitrogens is 2. The number of nitrogens with zero attached hydrogens (tertiary/aromatic N) is 2. The van der Waals surface area contributed by atoms with E-state index in [1.165, 1.54) is 0 Å². The van der Waals surface area contributed by atoms with Crippen molar-refractivity contribution in [2.24, 2.45) is 5.73 Å². The first kappa shape index (κ1) is 11.4. The summed E-state index contributed by atoms with van der Waals surface area (Å²) in [6, 6.07) is 7.53. The van der Waals surface area contributed by atoms with Gasteiger partial charge in [-0.15, -0.1) is 0 Å². The third-order valence-corrected chi connectivity index (χ3v) is 3.70. The summed E-state index contributed by atoms with van der Waals surface area (Å²) in [4.78, 5) is 25.6. The standard InChI is InChI=1S/C14H13N5O/c15-14(4-5-14)12-16-6-3-9(17-12)8-1-2-10-11(7-8)19-13(20)18-10/h1-3,6-7H,4-5,15H2,(H2,18,19,20). The smallest absolute Gasteiger partial charge is 0.319 e. The maximum Gasteiger partial charge on any atom is 0.323 e. The molecule has 6 heteroatoms. The summed E-state index contributed by atoms with van der Waals surface area (Å²) in [6.45, 7) is 0. The third kappa shape index (κ3) is 1.73. The van der Waals surface area contributed by atoms with E-state index < -0.39 is 0 Å². The predicted molar refractivity (Wildman–Crippen MR) is 75.0 cm³/mol. The van der Waals surface area contributed by atoms with Gasteiger partial charge < -0.3 is 15.7 Å². The molecule has 2 aromatic heterocycles. The van der Waals surface area contributed by atoms with Crippen molar-refractivity contribution in [1.29, 1.82) is 0 Å². The van der Waals surface area contributed by atoms with Gasteiger partial charge in [0, 0.05) is 11.8 Å². The average molecular weight is 267 g/mol. The molecule has 0 aliphatic heterocycles. The lowest BCUT2D eigenvalue weighted by atomic mass is 10.1. The first-order valence-corrected chi connectivity index (χ1v) is 6.49. The van der Waals surface area contributed by atoms with Gasteiger partial charge in [0.05, 0.1) is 22.3 Å². The Morgan fingerprint density at radius 1 is 1.15 bits per heavy atom. The van der Waals surface area contributed by atoms with Gasteiger partial charge in [-0.25, -0.2) is 14.8 Å². The van der Waals surface area contributed by atoms with Gasteiger partial charge in [-0.1, -0.05) is 6.07 Å². The van der Waals surface area contributed by atoms with Crippen LogP contribution in [0.25, 0.3) is 22.3 Å². The van der Waals surface area contributed by atoms with Gasteiger partial charge in [0.15, 0.2) is 0 Å². The quantitative estimate of drug-likeness (QED) is 0.650. The van der Waals surface area contributed by atoms with Crippen molar-refractivity contribution in [2.45, 2.75) is 18.4 Å². The Labute approximate surface area is 114 Å². The van der Waals surface area contributed by atoms with Gasteiger partial charge in [-0.05, 0) is 31.0 Å². The molecular formula is C14H13N5O. The van der Waals surface area contributed by atoms with Crippen molar-refractivity contribution in [3.8, 4) is 11.3 Å². The highest BCUT2D eigenvalue weighted by molar-refractivity contribution is 5.80. The highest BCUT2D eigenvalue weighted by atomic mass is 16.1. The Bertz CT molecular complexity index is 859. The molecule has 0 spiro atoms. The molecule has 2 heterocycles. The van der Waals surface area contributed by atoms with Crippen LogP contribution in [0.4, 0.5) is 0 Å². The van der Waals surface area contributed by atoms with Crippen LogP contribution >= 0.6 is 0 Å². The zero-order valence-corrected chi connectivity index (χ0v) is 10.7. The summed E-state index contributed by atoms with van der Waals surface area (Å²) in [5.74, 6) is 0.692. The summed E-state index contributed by atoms with van der Waals surface area (Å²) in [5, 5.41) is 0. The Balaban J connectivity index is 1.83. The summed E-state index contributed by atoms with van der Waals surface area (Å²) < 4.78 is 0. The highest BCUT2D eigenvalue weighted by Gasteiger charge is 2.43. The fraction of sp³-hybridized carbons (Fsp3) is 0.214. The molecule has 1 aliphatic carbocycles. The molecule has 0 atom stereocenters. The molecular weight excluding hydrogens is 254 g/mol. The first-order chi connectivity index (χ1) is 9.64. The van der Waals surface area contributed by atoms with Crippen molar-refractivity contribution >= 4 is 11.0 Å². The molecule has 0 amide bonds. The number of nitrogens with two attached hydrogens (primary N) is 1. The normalized spacial score (nSPS) is 16.4. The number of hydrogen-bond donors (Lipinski definition) is 3. The Hall–Kier alpha value is -2.47. The minimum absolute atomic E-state index is 0.209. The first-order valence-electron chi connectivity index (χ1n) is 6.49. The number of benzene rings is 1. The van der Waals surface area contributed by atoms with Crippen molar-refractivity contribution in [3.05, 3.63) is 46.8 Å². The van der Waals surface area contributed by atoms with E-state index in [1.54, 1.807) is 6.20 Å². The van der Waals surface area contributed by atoms with Crippen LogP contribution in [0, 0.1) is 0 Å². The molecule has 1 aliphatic rings. The molecule has 1 fully saturated rings. The second-order valence-electron chi connectivity index (χ2n) is 5.26. The van der Waals surface area contributed by atoms with Crippen LogP contribution in [-0.4, -0.2) is 19.9 Å². The predicted octanol–water partition coefficient (Wildman–Crippen LogP) is 1.26. The maximum atomic E-state index is 11.3. The van der Waals surface area contributed by atoms with Crippen LogP contribution in [0.1, 0.15) is 18.7 Å². The van der Waals surface area contributed by atoms with E-state index in [4.69, 9.17) is 5.73 Å². The number of hydrogen-bond acceptors (Lipinski definition) is 4. The number of fused-ring (bicyclic) bond motifs is 1. The van der Waals surface area contributed by atoms with Crippen LogP contribution in [-0.2, 0) is 5.54 Å². The zero-order valence-electron chi connectivity index (χ0n) is 10.7. The minimum Gasteiger partial charge on any atom is -0.319 e. The third-order valence-electron chi connectivity index (χ3n) is 3.70. The fourth-order valence-corrected chi connectivity index (χ4v) is 2.31. The lowest BCUT2D eigenvalue weighted by Crippen LogP contribution is -2.22. The summed E-state index contributed by atoms with van der Waals surface area (Å²) in [7, 11) is 0. The summed E-state index contributed by atoms with van der Waals surface area (Å²) >= 11 is 0. The molecule has 4 rings (SSSR count). The molecule has 6 nitrogen and oxygen atoms in total. The van der Waals surface area contributed by atoms with E-state index in [2.05, 4.69) is 19.9 Å². The fourth-order valence-electron chi connectivity index (χ4n) is 2.31. The topological polar surface area (TPSA) is 100 Å². The minimum atomic E-state index is -0.345. The van der Waals surface area contributed by atoms with Gasteiger partial charge >= 0.3 is 5.69 Å². The van der Waals surface area contributed by atoms with E-state index >= 15 is 0 Å². The SMILES string of the molecule is NC1(c2nccc(-c3ccc4[nH]c(=O)[nH]c4c3)n2)CC1. The second-order valence-corrected chi connectivity index (χ2v) is 5.26. The van der Waals surface area contributed by atoms with Gasteiger partial charge in [0.1, 0.15) is 5.82 Å². The number of aromatic amines is 2. The van der Waals surface area contributed by atoms with E-state index in [-0.39, 0.29) is 11.2 Å².